The van der Waals surface area contributed by atoms with Gasteiger partial charge in [-0.25, -0.2) is 19.4 Å². The number of guanidine groups is 1. The number of rotatable bonds is 11. The number of hydrogen-bond acceptors (Lipinski definition) is 13. The van der Waals surface area contributed by atoms with E-state index in [-0.39, 0.29) is 40.9 Å². The molecule has 0 aliphatic carbocycles. The first kappa shape index (κ1) is 38.5. The van der Waals surface area contributed by atoms with Crippen molar-refractivity contribution in [2.45, 2.75) is 78.6 Å². The number of aromatic nitrogens is 4. The minimum atomic E-state index is -1.44. The molecule has 0 saturated heterocycles. The van der Waals surface area contributed by atoms with Crippen LogP contribution in [0, 0.1) is 5.92 Å². The molecule has 4 unspecified atom stereocenters. The van der Waals surface area contributed by atoms with Crippen LogP contribution in [0.15, 0.2) is 59.6 Å². The fraction of sp³-hybridized carbons (Fsp3) is 0.452. The maximum atomic E-state index is 13.0. The molecule has 0 aliphatic heterocycles. The zero-order valence-corrected chi connectivity index (χ0v) is 29.3. The summed E-state index contributed by atoms with van der Waals surface area (Å²) in [5.41, 5.74) is -0.668. The number of carbonyl (C=O) groups is 3. The van der Waals surface area contributed by atoms with E-state index in [9.17, 15) is 24.2 Å². The van der Waals surface area contributed by atoms with Gasteiger partial charge in [0.15, 0.2) is 18.5 Å². The van der Waals surface area contributed by atoms with Crippen molar-refractivity contribution < 1.29 is 43.1 Å². The molecule has 4 N–H and O–H groups in total. The molecule has 18 heteroatoms. The van der Waals surface area contributed by atoms with Crippen molar-refractivity contribution in [3.05, 3.63) is 71.5 Å². The van der Waals surface area contributed by atoms with Crippen LogP contribution in [-0.2, 0) is 30.1 Å². The molecule has 17 nitrogen and oxygen atoms in total. The highest BCUT2D eigenvalue weighted by Crippen LogP contribution is 2.34. The SMILES string of the molecule is CC(C[PH+]=O)C(OC(c1nn[nH]n1)c1ccccc1N=C(NC(=O)OC(C)(C)C)NC(=O)OC(C)(C)C)N(O)C(=O)OCc1ccccc1. The first-order valence-corrected chi connectivity index (χ1v) is 16.3. The number of ether oxygens (including phenoxy) is 4. The third-order valence-corrected chi connectivity index (χ3v) is 6.90. The number of carbonyl (C=O) groups excluding carboxylic acids is 3. The summed E-state index contributed by atoms with van der Waals surface area (Å²) in [6.45, 7) is 11.5. The summed E-state index contributed by atoms with van der Waals surface area (Å²) in [7, 11) is -0.784. The summed E-state index contributed by atoms with van der Waals surface area (Å²) >= 11 is 0. The maximum absolute atomic E-state index is 13.0. The van der Waals surface area contributed by atoms with Crippen LogP contribution in [0.2, 0.25) is 0 Å². The molecule has 2 aromatic carbocycles. The Hall–Kier alpha value is -4.99. The van der Waals surface area contributed by atoms with E-state index in [4.69, 9.17) is 18.9 Å². The Bertz CT molecular complexity index is 1550. The third kappa shape index (κ3) is 12.9. The summed E-state index contributed by atoms with van der Waals surface area (Å²) in [6.07, 6.45) is -5.63. The molecule has 49 heavy (non-hydrogen) atoms. The normalized spacial score (nSPS) is 13.4. The molecule has 1 aromatic heterocycles. The molecule has 0 spiro atoms. The molecule has 3 amide bonds. The standard InChI is InChI=1S/C31H41N8O9P/c1-19(18-49-44)25(39(43)29(42)45-17-20-13-9-8-10-14-20)46-23(24-35-37-38-36-24)21-15-11-12-16-22(21)32-26(33-27(40)47-30(2,3)4)34-28(41)48-31(5,6)7/h8-16,19,23,25,43H,17-18H2,1-7H3,(H,35,36,37,38)(H2,32,33,34,40,41)/p+1. The van der Waals surface area contributed by atoms with Crippen LogP contribution < -0.4 is 10.6 Å². The highest BCUT2D eigenvalue weighted by molar-refractivity contribution is 7.23. The van der Waals surface area contributed by atoms with Crippen LogP contribution in [-0.4, -0.2) is 78.7 Å². The van der Waals surface area contributed by atoms with Gasteiger partial charge in [-0.1, -0.05) is 65.2 Å². The van der Waals surface area contributed by atoms with Crippen molar-refractivity contribution in [2.75, 3.05) is 6.16 Å². The summed E-state index contributed by atoms with van der Waals surface area (Å²) in [4.78, 5) is 42.9. The van der Waals surface area contributed by atoms with Crippen LogP contribution in [0.1, 0.15) is 71.5 Å². The molecule has 264 valence electrons. The minimum absolute atomic E-state index is 0.0303. The molecule has 3 rings (SSSR count). The van der Waals surface area contributed by atoms with Gasteiger partial charge in [0.2, 0.25) is 11.8 Å². The number of H-pyrrole nitrogens is 1. The van der Waals surface area contributed by atoms with Crippen molar-refractivity contribution in [3.8, 4) is 0 Å². The average Bonchev–Trinajstić information content (AvgIpc) is 3.54. The maximum Gasteiger partial charge on any atom is 0.436 e. The van der Waals surface area contributed by atoms with Gasteiger partial charge in [0.25, 0.3) is 0 Å². The van der Waals surface area contributed by atoms with Crippen LogP contribution >= 0.6 is 8.46 Å². The van der Waals surface area contributed by atoms with Gasteiger partial charge in [0, 0.05) is 11.5 Å². The summed E-state index contributed by atoms with van der Waals surface area (Å²) in [5, 5.41) is 30.2. The molecule has 0 aliphatic rings. The molecule has 4 atom stereocenters. The number of nitrogens with one attached hydrogen (secondary N) is 3. The van der Waals surface area contributed by atoms with E-state index in [0.717, 1.165) is 0 Å². The summed E-state index contributed by atoms with van der Waals surface area (Å²) in [6, 6.07) is 15.3. The fourth-order valence-corrected chi connectivity index (χ4v) is 4.53. The van der Waals surface area contributed by atoms with Gasteiger partial charge in [-0.05, 0) is 53.2 Å². The number of tetrazole rings is 1. The number of alkyl carbamates (subject to hydrolysis) is 2. The van der Waals surface area contributed by atoms with Crippen LogP contribution in [0.5, 0.6) is 0 Å². The van der Waals surface area contributed by atoms with Gasteiger partial charge in [0.05, 0.1) is 5.69 Å². The highest BCUT2D eigenvalue weighted by Gasteiger charge is 2.37. The Balaban J connectivity index is 2.03. The van der Waals surface area contributed by atoms with E-state index in [1.807, 2.05) is 6.07 Å². The van der Waals surface area contributed by atoms with E-state index in [1.165, 1.54) is 0 Å². The topological polar surface area (TPSA) is 220 Å². The Morgan fingerprint density at radius 1 is 0.959 bits per heavy atom. The van der Waals surface area contributed by atoms with Crippen molar-refractivity contribution in [3.63, 3.8) is 0 Å². The van der Waals surface area contributed by atoms with E-state index in [0.29, 0.717) is 5.56 Å². The van der Waals surface area contributed by atoms with E-state index < -0.39 is 56.2 Å². The molecular weight excluding hydrogens is 659 g/mol. The largest absolute Gasteiger partial charge is 0.444 e. The van der Waals surface area contributed by atoms with Crippen molar-refractivity contribution in [1.82, 2.24) is 36.3 Å². The lowest BCUT2D eigenvalue weighted by molar-refractivity contribution is -0.220. The van der Waals surface area contributed by atoms with E-state index in [2.05, 4.69) is 36.3 Å². The number of hydroxylamine groups is 2. The number of nitrogens with zero attached hydrogens (tertiary/aromatic N) is 5. The first-order valence-electron chi connectivity index (χ1n) is 15.2. The van der Waals surface area contributed by atoms with Gasteiger partial charge in [-0.15, -0.1) is 10.2 Å². The van der Waals surface area contributed by atoms with Gasteiger partial charge in [0.1, 0.15) is 17.8 Å². The monoisotopic (exact) mass is 701 g/mol. The van der Waals surface area contributed by atoms with Crippen LogP contribution in [0.4, 0.5) is 20.1 Å². The smallest absolute Gasteiger partial charge is 0.436 e. The molecule has 0 fully saturated rings. The fourth-order valence-electron chi connectivity index (χ4n) is 4.07. The quantitative estimate of drug-likeness (QED) is 0.0378. The lowest BCUT2D eigenvalue weighted by atomic mass is 10.1. The summed E-state index contributed by atoms with van der Waals surface area (Å²) in [5.74, 6) is -1.08. The number of amides is 3. The molecule has 1 heterocycles. The molecule has 0 bridgehead atoms. The Morgan fingerprint density at radius 3 is 2.10 bits per heavy atom. The predicted octanol–water partition coefficient (Wildman–Crippen LogP) is 5.36. The zero-order valence-electron chi connectivity index (χ0n) is 28.3. The number of para-hydroxylation sites is 1. The van der Waals surface area contributed by atoms with Gasteiger partial charge < -0.3 is 18.9 Å². The third-order valence-electron chi connectivity index (χ3n) is 6.09. The molecule has 3 aromatic rings. The van der Waals surface area contributed by atoms with Crippen LogP contribution in [0.3, 0.4) is 0 Å². The molecule has 0 saturated carbocycles. The van der Waals surface area contributed by atoms with Crippen molar-refractivity contribution in [1.29, 1.82) is 0 Å². The number of hydrogen-bond donors (Lipinski definition) is 4. The lowest BCUT2D eigenvalue weighted by Gasteiger charge is -2.31. The Morgan fingerprint density at radius 2 is 1.55 bits per heavy atom. The second-order valence-electron chi connectivity index (χ2n) is 12.7. The highest BCUT2D eigenvalue weighted by atomic mass is 31.1. The Labute approximate surface area is 284 Å². The lowest BCUT2D eigenvalue weighted by Crippen LogP contribution is -2.47. The van der Waals surface area contributed by atoms with E-state index >= 15 is 0 Å². The molecular formula is C31H42N8O9P+. The summed E-state index contributed by atoms with van der Waals surface area (Å²) < 4.78 is 34.0. The zero-order chi connectivity index (χ0) is 36.2. The minimum Gasteiger partial charge on any atom is -0.444 e. The second-order valence-corrected chi connectivity index (χ2v) is 13.4. The number of benzene rings is 2. The second kappa shape index (κ2) is 17.4. The van der Waals surface area contributed by atoms with Crippen molar-refractivity contribution >= 4 is 38.4 Å². The number of aliphatic imine (C=N–C) groups is 1. The number of aromatic amines is 1. The Kier molecular flexibility index (Phi) is 13.7. The van der Waals surface area contributed by atoms with Gasteiger partial charge in [-0.3, -0.25) is 15.8 Å². The van der Waals surface area contributed by atoms with Crippen molar-refractivity contribution in [2.24, 2.45) is 10.9 Å². The predicted molar refractivity (Wildman–Crippen MR) is 176 cm³/mol. The average molecular weight is 702 g/mol. The van der Waals surface area contributed by atoms with Gasteiger partial charge in [-0.2, -0.15) is 10.3 Å². The van der Waals surface area contributed by atoms with Gasteiger partial charge >= 0.3 is 26.7 Å². The van der Waals surface area contributed by atoms with Crippen LogP contribution in [0.25, 0.3) is 0 Å². The molecule has 0 radical (unpaired) electrons. The first-order chi connectivity index (χ1) is 23.1. The van der Waals surface area contributed by atoms with E-state index in [1.54, 1.807) is 97.0 Å².